The molecule has 0 saturated carbocycles. The van der Waals surface area contributed by atoms with Crippen LogP contribution in [0.3, 0.4) is 0 Å². The van der Waals surface area contributed by atoms with Crippen LogP contribution < -0.4 is 5.48 Å². The van der Waals surface area contributed by atoms with E-state index in [0.29, 0.717) is 12.2 Å². The molecule has 3 nitrogen and oxygen atoms in total. The lowest BCUT2D eigenvalue weighted by atomic mass is 10.0. The van der Waals surface area contributed by atoms with E-state index in [1.54, 1.807) is 6.07 Å². The summed E-state index contributed by atoms with van der Waals surface area (Å²) < 4.78 is 0. The van der Waals surface area contributed by atoms with Crippen LogP contribution in [0.1, 0.15) is 55.5 Å². The fourth-order valence-corrected chi connectivity index (χ4v) is 2.63. The van der Waals surface area contributed by atoms with E-state index in [2.05, 4.69) is 12.4 Å². The first-order valence-corrected chi connectivity index (χ1v) is 8.77. The molecule has 2 aromatic rings. The Morgan fingerprint density at radius 2 is 1.88 bits per heavy atom. The van der Waals surface area contributed by atoms with Crippen molar-refractivity contribution in [2.75, 3.05) is 6.61 Å². The summed E-state index contributed by atoms with van der Waals surface area (Å²) in [4.78, 5) is 17.4. The van der Waals surface area contributed by atoms with Crippen molar-refractivity contribution < 1.29 is 9.63 Å². The van der Waals surface area contributed by atoms with Crippen LogP contribution in [0.5, 0.6) is 0 Å². The molecule has 1 amide bonds. The van der Waals surface area contributed by atoms with E-state index in [4.69, 9.17) is 16.4 Å². The van der Waals surface area contributed by atoms with E-state index in [1.165, 1.54) is 12.8 Å². The van der Waals surface area contributed by atoms with Gasteiger partial charge in [-0.05, 0) is 54.0 Å². The van der Waals surface area contributed by atoms with Crippen molar-refractivity contribution >= 4 is 34.4 Å². The maximum atomic E-state index is 12.1. The van der Waals surface area contributed by atoms with Crippen LogP contribution >= 0.6 is 11.6 Å². The Hall–Kier alpha value is -1.84. The predicted molar refractivity (Wildman–Crippen MR) is 101 cm³/mol. The topological polar surface area (TPSA) is 38.3 Å². The van der Waals surface area contributed by atoms with Gasteiger partial charge in [0, 0.05) is 10.6 Å². The number of fused-ring (bicyclic) bond motifs is 1. The summed E-state index contributed by atoms with van der Waals surface area (Å²) in [5, 5.41) is 2.81. The number of carbonyl (C=O) groups excluding carboxylic acids is 1. The second-order valence-corrected chi connectivity index (χ2v) is 6.49. The molecular formula is C20H24ClNO2. The lowest BCUT2D eigenvalue weighted by molar-refractivity contribution is 0.0298. The average Bonchev–Trinajstić information content (AvgIpc) is 2.56. The minimum Gasteiger partial charge on any atom is -0.273 e. The van der Waals surface area contributed by atoms with Crippen molar-refractivity contribution in [2.24, 2.45) is 0 Å². The first-order valence-electron chi connectivity index (χ1n) is 8.40. The number of rotatable bonds is 8. The fourth-order valence-electron chi connectivity index (χ4n) is 2.50. The van der Waals surface area contributed by atoms with Gasteiger partial charge in [0.1, 0.15) is 0 Å². The maximum absolute atomic E-state index is 12.1. The van der Waals surface area contributed by atoms with Crippen molar-refractivity contribution in [3.05, 3.63) is 52.6 Å². The standard InChI is InChI=1S/C20H24ClNO2/c1-3-4-5-6-11-24-22-20(23)19-10-9-17-13-16(12-15(2)21)7-8-18(17)14-19/h7-10,12-14H,3-6,11H2,1-2H3,(H,22,23)/b15-12-. The molecule has 2 rings (SSSR count). The van der Waals surface area contributed by atoms with E-state index in [1.807, 2.05) is 43.3 Å². The van der Waals surface area contributed by atoms with Gasteiger partial charge in [-0.25, -0.2) is 5.48 Å². The smallest absolute Gasteiger partial charge is 0.273 e. The van der Waals surface area contributed by atoms with Gasteiger partial charge in [-0.3, -0.25) is 9.63 Å². The summed E-state index contributed by atoms with van der Waals surface area (Å²) in [6, 6.07) is 11.6. The van der Waals surface area contributed by atoms with Gasteiger partial charge in [0.15, 0.2) is 0 Å². The van der Waals surface area contributed by atoms with Gasteiger partial charge < -0.3 is 0 Å². The number of carbonyl (C=O) groups is 1. The van der Waals surface area contributed by atoms with Crippen LogP contribution in [-0.4, -0.2) is 12.5 Å². The molecule has 0 unspecified atom stereocenters. The molecule has 0 radical (unpaired) electrons. The summed E-state index contributed by atoms with van der Waals surface area (Å²) in [5.74, 6) is -0.215. The van der Waals surface area contributed by atoms with Gasteiger partial charge in [0.2, 0.25) is 0 Å². The molecule has 0 saturated heterocycles. The molecule has 0 spiro atoms. The number of amides is 1. The third kappa shape index (κ3) is 5.66. The molecule has 24 heavy (non-hydrogen) atoms. The molecule has 0 aliphatic rings. The normalized spacial score (nSPS) is 11.7. The number of allylic oxidation sites excluding steroid dienone is 1. The monoisotopic (exact) mass is 345 g/mol. The van der Waals surface area contributed by atoms with Crippen molar-refractivity contribution in [1.82, 2.24) is 5.48 Å². The zero-order valence-corrected chi connectivity index (χ0v) is 15.0. The first kappa shape index (κ1) is 18.5. The Morgan fingerprint density at radius 3 is 2.62 bits per heavy atom. The van der Waals surface area contributed by atoms with Gasteiger partial charge in [-0.15, -0.1) is 0 Å². The first-order chi connectivity index (χ1) is 11.6. The highest BCUT2D eigenvalue weighted by molar-refractivity contribution is 6.31. The largest absolute Gasteiger partial charge is 0.274 e. The third-order valence-electron chi connectivity index (χ3n) is 3.76. The second kappa shape index (κ2) is 9.45. The number of nitrogens with one attached hydrogen (secondary N) is 1. The fraction of sp³-hybridized carbons (Fsp3) is 0.350. The second-order valence-electron chi connectivity index (χ2n) is 5.89. The Bertz CT molecular complexity index is 721. The Labute approximate surface area is 148 Å². The summed E-state index contributed by atoms with van der Waals surface area (Å²) >= 11 is 5.91. The van der Waals surface area contributed by atoms with E-state index >= 15 is 0 Å². The zero-order valence-electron chi connectivity index (χ0n) is 14.3. The van der Waals surface area contributed by atoms with Gasteiger partial charge in [-0.1, -0.05) is 56.0 Å². The molecule has 0 atom stereocenters. The number of unbranched alkanes of at least 4 members (excludes halogenated alkanes) is 3. The number of hydrogen-bond acceptors (Lipinski definition) is 2. The SMILES string of the molecule is CCCCCCONC(=O)c1ccc2cc(/C=C(/C)Cl)ccc2c1. The van der Waals surface area contributed by atoms with Gasteiger partial charge in [0.25, 0.3) is 5.91 Å². The number of hydroxylamine groups is 1. The number of benzene rings is 2. The zero-order chi connectivity index (χ0) is 17.4. The highest BCUT2D eigenvalue weighted by Gasteiger charge is 2.06. The molecule has 0 fully saturated rings. The van der Waals surface area contributed by atoms with Crippen molar-refractivity contribution in [3.63, 3.8) is 0 Å². The molecule has 128 valence electrons. The van der Waals surface area contributed by atoms with Gasteiger partial charge >= 0.3 is 0 Å². The molecule has 1 N–H and O–H groups in total. The summed E-state index contributed by atoms with van der Waals surface area (Å²) in [6.45, 7) is 4.56. The van der Waals surface area contributed by atoms with Crippen LogP contribution in [0.15, 0.2) is 41.4 Å². The maximum Gasteiger partial charge on any atom is 0.274 e. The molecule has 0 bridgehead atoms. The minimum atomic E-state index is -0.215. The molecule has 2 aromatic carbocycles. The van der Waals surface area contributed by atoms with Gasteiger partial charge in [-0.2, -0.15) is 0 Å². The van der Waals surface area contributed by atoms with Crippen LogP contribution in [0, 0.1) is 0 Å². The lowest BCUT2D eigenvalue weighted by Gasteiger charge is -2.07. The Balaban J connectivity index is 1.97. The van der Waals surface area contributed by atoms with Crippen LogP contribution in [0.4, 0.5) is 0 Å². The highest BCUT2D eigenvalue weighted by atomic mass is 35.5. The minimum absolute atomic E-state index is 0.215. The summed E-state index contributed by atoms with van der Waals surface area (Å²) in [6.07, 6.45) is 6.38. The van der Waals surface area contributed by atoms with Crippen LogP contribution in [0.2, 0.25) is 0 Å². The molecule has 0 aliphatic carbocycles. The van der Waals surface area contributed by atoms with Crippen molar-refractivity contribution in [1.29, 1.82) is 0 Å². The Morgan fingerprint density at radius 1 is 1.12 bits per heavy atom. The summed E-state index contributed by atoms with van der Waals surface area (Å²) in [5.41, 5.74) is 4.15. The molecule has 0 aliphatic heterocycles. The number of halogens is 1. The van der Waals surface area contributed by atoms with E-state index < -0.39 is 0 Å². The predicted octanol–water partition coefficient (Wildman–Crippen LogP) is 5.68. The molecule has 4 heteroatoms. The quantitative estimate of drug-likeness (QED) is 0.493. The molecular weight excluding hydrogens is 322 g/mol. The highest BCUT2D eigenvalue weighted by Crippen LogP contribution is 2.20. The number of hydrogen-bond donors (Lipinski definition) is 1. The summed E-state index contributed by atoms with van der Waals surface area (Å²) in [7, 11) is 0. The lowest BCUT2D eigenvalue weighted by Crippen LogP contribution is -2.24. The Kier molecular flexibility index (Phi) is 7.29. The van der Waals surface area contributed by atoms with Crippen LogP contribution in [0.25, 0.3) is 16.8 Å². The van der Waals surface area contributed by atoms with Crippen molar-refractivity contribution in [2.45, 2.75) is 39.5 Å². The average molecular weight is 346 g/mol. The molecule has 0 aromatic heterocycles. The van der Waals surface area contributed by atoms with Crippen molar-refractivity contribution in [3.8, 4) is 0 Å². The van der Waals surface area contributed by atoms with Gasteiger partial charge in [0.05, 0.1) is 6.61 Å². The van der Waals surface area contributed by atoms with E-state index in [-0.39, 0.29) is 5.91 Å². The van der Waals surface area contributed by atoms with E-state index in [0.717, 1.165) is 34.2 Å². The van der Waals surface area contributed by atoms with E-state index in [9.17, 15) is 4.79 Å². The van der Waals surface area contributed by atoms with Crippen LogP contribution in [-0.2, 0) is 4.84 Å². The third-order valence-corrected chi connectivity index (χ3v) is 3.87. The molecule has 0 heterocycles.